The summed E-state index contributed by atoms with van der Waals surface area (Å²) < 4.78 is 19.1. The third-order valence-electron chi connectivity index (χ3n) is 4.69. The summed E-state index contributed by atoms with van der Waals surface area (Å²) in [5, 5.41) is 12.8. The molecule has 0 unspecified atom stereocenters. The summed E-state index contributed by atoms with van der Waals surface area (Å²) in [6, 6.07) is 4.22. The van der Waals surface area contributed by atoms with E-state index in [9.17, 15) is 14.3 Å². The molecule has 0 radical (unpaired) electrons. The molecule has 0 saturated carbocycles. The van der Waals surface area contributed by atoms with E-state index in [0.717, 1.165) is 32.6 Å². The number of amides is 1. The van der Waals surface area contributed by atoms with Crippen LogP contribution >= 0.6 is 11.6 Å². The number of hydrogen-bond acceptors (Lipinski definition) is 5. The molecule has 138 valence electrons. The van der Waals surface area contributed by atoms with Gasteiger partial charge in [0, 0.05) is 18.1 Å². The Morgan fingerprint density at radius 1 is 1.32 bits per heavy atom. The molecule has 0 bridgehead atoms. The van der Waals surface area contributed by atoms with Crippen LogP contribution in [0.5, 0.6) is 0 Å². The van der Waals surface area contributed by atoms with E-state index in [1.165, 1.54) is 12.1 Å². The number of halogens is 2. The van der Waals surface area contributed by atoms with Crippen molar-refractivity contribution in [1.82, 2.24) is 9.80 Å². The molecule has 2 aliphatic heterocycles. The number of hydrogen-bond donors (Lipinski definition) is 2. The quantitative estimate of drug-likeness (QED) is 0.832. The highest BCUT2D eigenvalue weighted by molar-refractivity contribution is 6.30. The Morgan fingerprint density at radius 2 is 2.16 bits per heavy atom. The van der Waals surface area contributed by atoms with Gasteiger partial charge >= 0.3 is 0 Å². The average Bonchev–Trinajstić information content (AvgIpc) is 2.85. The number of benzene rings is 1. The summed E-state index contributed by atoms with van der Waals surface area (Å²) in [7, 11) is 0. The first-order chi connectivity index (χ1) is 12.0. The summed E-state index contributed by atoms with van der Waals surface area (Å²) in [5.41, 5.74) is 0.136. The maximum Gasteiger partial charge on any atom is 0.238 e. The van der Waals surface area contributed by atoms with Gasteiger partial charge in [-0.2, -0.15) is 0 Å². The molecule has 0 aromatic heterocycles. The number of anilines is 1. The SMILES string of the molecule is O=C(CN1CCCN([C@@H]2COC[C@H]2O)CC1)Nc1ccc(Cl)cc1F. The predicted octanol–water partition coefficient (Wildman–Crippen LogP) is 1.19. The van der Waals surface area contributed by atoms with Gasteiger partial charge in [0.1, 0.15) is 5.82 Å². The van der Waals surface area contributed by atoms with E-state index in [2.05, 4.69) is 10.2 Å². The minimum atomic E-state index is -0.543. The van der Waals surface area contributed by atoms with Gasteiger partial charge in [0.25, 0.3) is 0 Å². The molecule has 25 heavy (non-hydrogen) atoms. The third-order valence-corrected chi connectivity index (χ3v) is 4.92. The third kappa shape index (κ3) is 4.89. The fourth-order valence-corrected chi connectivity index (χ4v) is 3.50. The number of carbonyl (C=O) groups excluding carboxylic acids is 1. The maximum absolute atomic E-state index is 13.8. The Balaban J connectivity index is 1.50. The Morgan fingerprint density at radius 3 is 2.88 bits per heavy atom. The molecule has 0 aliphatic carbocycles. The van der Waals surface area contributed by atoms with Crippen LogP contribution < -0.4 is 5.32 Å². The number of ether oxygens (including phenoxy) is 1. The smallest absolute Gasteiger partial charge is 0.238 e. The summed E-state index contributed by atoms with van der Waals surface area (Å²) >= 11 is 5.71. The van der Waals surface area contributed by atoms with Crippen molar-refractivity contribution in [1.29, 1.82) is 0 Å². The van der Waals surface area contributed by atoms with E-state index >= 15 is 0 Å². The van der Waals surface area contributed by atoms with Crippen LogP contribution in [0, 0.1) is 5.82 Å². The predicted molar refractivity (Wildman–Crippen MR) is 93.3 cm³/mol. The zero-order chi connectivity index (χ0) is 17.8. The lowest BCUT2D eigenvalue weighted by Crippen LogP contribution is -2.45. The minimum Gasteiger partial charge on any atom is -0.389 e. The van der Waals surface area contributed by atoms with E-state index in [1.807, 2.05) is 4.90 Å². The van der Waals surface area contributed by atoms with Crippen molar-refractivity contribution < 1.29 is 19.0 Å². The number of nitrogens with one attached hydrogen (secondary N) is 1. The molecule has 2 heterocycles. The zero-order valence-corrected chi connectivity index (χ0v) is 14.7. The first-order valence-corrected chi connectivity index (χ1v) is 8.88. The van der Waals surface area contributed by atoms with Crippen molar-refractivity contribution in [2.75, 3.05) is 51.3 Å². The number of aliphatic hydroxyl groups excluding tert-OH is 1. The molecular formula is C17H23ClFN3O3. The Hall–Kier alpha value is -1.25. The van der Waals surface area contributed by atoms with Gasteiger partial charge in [-0.3, -0.25) is 14.6 Å². The second kappa shape index (κ2) is 8.42. The van der Waals surface area contributed by atoms with Crippen molar-refractivity contribution in [3.05, 3.63) is 29.0 Å². The van der Waals surface area contributed by atoms with Gasteiger partial charge in [-0.05, 0) is 37.7 Å². The zero-order valence-electron chi connectivity index (χ0n) is 14.0. The lowest BCUT2D eigenvalue weighted by atomic mass is 10.2. The second-order valence-corrected chi connectivity index (χ2v) is 6.95. The van der Waals surface area contributed by atoms with Gasteiger partial charge in [0.05, 0.1) is 37.6 Å². The van der Waals surface area contributed by atoms with Crippen LogP contribution in [0.4, 0.5) is 10.1 Å². The van der Waals surface area contributed by atoms with Gasteiger partial charge < -0.3 is 15.2 Å². The number of rotatable bonds is 4. The Labute approximate surface area is 151 Å². The van der Waals surface area contributed by atoms with Crippen LogP contribution in [-0.4, -0.2) is 78.9 Å². The molecule has 0 spiro atoms. The molecular weight excluding hydrogens is 349 g/mol. The Bertz CT molecular complexity index is 619. The molecule has 1 aromatic carbocycles. The molecule has 1 aromatic rings. The van der Waals surface area contributed by atoms with Crippen molar-refractivity contribution in [2.45, 2.75) is 18.6 Å². The highest BCUT2D eigenvalue weighted by Crippen LogP contribution is 2.19. The van der Waals surface area contributed by atoms with E-state index in [0.29, 0.717) is 18.2 Å². The normalized spacial score (nSPS) is 25.7. The van der Waals surface area contributed by atoms with Crippen LogP contribution in [-0.2, 0) is 9.53 Å². The van der Waals surface area contributed by atoms with Crippen molar-refractivity contribution in [3.63, 3.8) is 0 Å². The molecule has 2 saturated heterocycles. The van der Waals surface area contributed by atoms with Crippen LogP contribution in [0.15, 0.2) is 18.2 Å². The van der Waals surface area contributed by atoms with E-state index in [4.69, 9.17) is 16.3 Å². The van der Waals surface area contributed by atoms with Crippen LogP contribution in [0.3, 0.4) is 0 Å². The van der Waals surface area contributed by atoms with Crippen LogP contribution in [0.2, 0.25) is 5.02 Å². The average molecular weight is 372 g/mol. The van der Waals surface area contributed by atoms with Gasteiger partial charge in [-0.15, -0.1) is 0 Å². The monoisotopic (exact) mass is 371 g/mol. The molecule has 8 heteroatoms. The molecule has 2 N–H and O–H groups in total. The number of nitrogens with zero attached hydrogens (tertiary/aromatic N) is 2. The molecule has 6 nitrogen and oxygen atoms in total. The summed E-state index contributed by atoms with van der Waals surface area (Å²) in [4.78, 5) is 16.5. The van der Waals surface area contributed by atoms with Crippen molar-refractivity contribution in [3.8, 4) is 0 Å². The minimum absolute atomic E-state index is 0.0388. The molecule has 3 rings (SSSR count). The van der Waals surface area contributed by atoms with E-state index in [1.54, 1.807) is 6.07 Å². The van der Waals surface area contributed by atoms with Gasteiger partial charge in [0.15, 0.2) is 0 Å². The van der Waals surface area contributed by atoms with Gasteiger partial charge in [-0.1, -0.05) is 11.6 Å². The summed E-state index contributed by atoms with van der Waals surface area (Å²) in [6.45, 7) is 4.30. The van der Waals surface area contributed by atoms with Gasteiger partial charge in [-0.25, -0.2) is 4.39 Å². The Kier molecular flexibility index (Phi) is 6.24. The second-order valence-electron chi connectivity index (χ2n) is 6.51. The highest BCUT2D eigenvalue weighted by Gasteiger charge is 2.32. The first kappa shape index (κ1) is 18.5. The molecule has 2 fully saturated rings. The first-order valence-electron chi connectivity index (χ1n) is 8.50. The molecule has 2 atom stereocenters. The lowest BCUT2D eigenvalue weighted by Gasteiger charge is -2.28. The fourth-order valence-electron chi connectivity index (χ4n) is 3.34. The lowest BCUT2D eigenvalue weighted by molar-refractivity contribution is -0.117. The summed E-state index contributed by atoms with van der Waals surface area (Å²) in [5.74, 6) is -0.794. The van der Waals surface area contributed by atoms with Crippen LogP contribution in [0.25, 0.3) is 0 Å². The van der Waals surface area contributed by atoms with E-state index < -0.39 is 11.9 Å². The standard InChI is InChI=1S/C17H23ClFN3O3/c18-12-2-3-14(13(19)8-12)20-17(24)9-21-4-1-5-22(7-6-21)15-10-25-11-16(15)23/h2-3,8,15-16,23H,1,4-7,9-11H2,(H,20,24)/t15-,16-/m1/s1. The van der Waals surface area contributed by atoms with Gasteiger partial charge in [0.2, 0.25) is 5.91 Å². The molecule has 1 amide bonds. The maximum atomic E-state index is 13.8. The summed E-state index contributed by atoms with van der Waals surface area (Å²) in [6.07, 6.45) is 0.467. The highest BCUT2D eigenvalue weighted by atomic mass is 35.5. The fraction of sp³-hybridized carbons (Fsp3) is 0.588. The number of carbonyl (C=O) groups is 1. The van der Waals surface area contributed by atoms with Crippen LogP contribution in [0.1, 0.15) is 6.42 Å². The van der Waals surface area contributed by atoms with E-state index in [-0.39, 0.29) is 24.2 Å². The van der Waals surface area contributed by atoms with Crippen molar-refractivity contribution in [2.24, 2.45) is 0 Å². The molecule has 2 aliphatic rings. The number of aliphatic hydroxyl groups is 1. The topological polar surface area (TPSA) is 65.0 Å². The van der Waals surface area contributed by atoms with Crippen molar-refractivity contribution >= 4 is 23.2 Å². The largest absolute Gasteiger partial charge is 0.389 e.